The minimum absolute atomic E-state index is 0.162. The molecule has 0 aliphatic heterocycles. The number of carbonyl (C=O) groups excluding carboxylic acids is 4. The van der Waals surface area contributed by atoms with Crippen molar-refractivity contribution >= 4 is 24.1 Å². The highest BCUT2D eigenvalue weighted by Crippen LogP contribution is 2.22. The van der Waals surface area contributed by atoms with Crippen molar-refractivity contribution < 1.29 is 38.1 Å². The van der Waals surface area contributed by atoms with Gasteiger partial charge in [0.2, 0.25) is 0 Å². The first-order valence-electron chi connectivity index (χ1n) is 13.0. The summed E-state index contributed by atoms with van der Waals surface area (Å²) in [5, 5.41) is 0. The summed E-state index contributed by atoms with van der Waals surface area (Å²) in [6.45, 7) is 6.64. The maximum atomic E-state index is 12.5. The normalized spacial score (nSPS) is 12.5. The van der Waals surface area contributed by atoms with Crippen molar-refractivity contribution in [2.45, 2.75) is 52.0 Å². The van der Waals surface area contributed by atoms with Gasteiger partial charge in [-0.3, -0.25) is 0 Å². The molecule has 0 heterocycles. The second-order valence-corrected chi connectivity index (χ2v) is 9.53. The molecule has 0 aromatic heterocycles. The van der Waals surface area contributed by atoms with Crippen LogP contribution in [0.25, 0.3) is 0 Å². The average molecular weight is 555 g/mol. The summed E-state index contributed by atoms with van der Waals surface area (Å²) < 4.78 is 21.2. The lowest BCUT2D eigenvalue weighted by Crippen LogP contribution is -2.36. The number of amides is 2. The van der Waals surface area contributed by atoms with Gasteiger partial charge in [-0.15, -0.1) is 0 Å². The van der Waals surface area contributed by atoms with Gasteiger partial charge >= 0.3 is 24.1 Å². The van der Waals surface area contributed by atoms with Gasteiger partial charge in [0.05, 0.1) is 24.3 Å². The Kier molecular flexibility index (Phi) is 12.7. The predicted octanol–water partition coefficient (Wildman–Crippen LogP) is 5.07. The first-order chi connectivity index (χ1) is 19.0. The van der Waals surface area contributed by atoms with Gasteiger partial charge in [0.25, 0.3) is 0 Å². The van der Waals surface area contributed by atoms with Gasteiger partial charge < -0.3 is 28.7 Å². The van der Waals surface area contributed by atoms with Gasteiger partial charge in [0.1, 0.15) is 13.2 Å². The third kappa shape index (κ3) is 10.4. The molecular weight excluding hydrogens is 516 g/mol. The highest BCUT2D eigenvalue weighted by atomic mass is 16.6. The Bertz CT molecular complexity index is 1050. The fraction of sp³-hybridized carbons (Fsp3) is 0.400. The third-order valence-corrected chi connectivity index (χ3v) is 5.68. The summed E-state index contributed by atoms with van der Waals surface area (Å²) in [6.07, 6.45) is 0.148. The molecule has 0 aliphatic rings. The Morgan fingerprint density at radius 1 is 0.625 bits per heavy atom. The van der Waals surface area contributed by atoms with Crippen LogP contribution in [0.4, 0.5) is 9.59 Å². The van der Waals surface area contributed by atoms with Crippen molar-refractivity contribution in [1.29, 1.82) is 0 Å². The molecule has 0 saturated carbocycles. The lowest BCUT2D eigenvalue weighted by Gasteiger charge is -2.28. The summed E-state index contributed by atoms with van der Waals surface area (Å²) in [5.74, 6) is -1.58. The summed E-state index contributed by atoms with van der Waals surface area (Å²) in [5.41, 5.74) is 1.49. The second-order valence-electron chi connectivity index (χ2n) is 9.53. The minimum Gasteiger partial charge on any atom is -0.460 e. The van der Waals surface area contributed by atoms with Gasteiger partial charge in [0.15, 0.2) is 0 Å². The first kappa shape index (κ1) is 31.9. The maximum Gasteiger partial charge on any atom is 0.410 e. The lowest BCUT2D eigenvalue weighted by molar-refractivity contribution is -0.142. The Labute approximate surface area is 235 Å². The molecule has 0 unspecified atom stereocenters. The minimum atomic E-state index is -0.791. The molecule has 0 aliphatic carbocycles. The summed E-state index contributed by atoms with van der Waals surface area (Å²) in [4.78, 5) is 52.4. The van der Waals surface area contributed by atoms with E-state index >= 15 is 0 Å². The molecule has 2 aromatic rings. The van der Waals surface area contributed by atoms with Gasteiger partial charge in [-0.1, -0.05) is 60.7 Å². The Morgan fingerprint density at radius 3 is 1.25 bits per heavy atom. The van der Waals surface area contributed by atoms with E-state index in [0.29, 0.717) is 0 Å². The van der Waals surface area contributed by atoms with Crippen LogP contribution < -0.4 is 0 Å². The summed E-state index contributed by atoms with van der Waals surface area (Å²) >= 11 is 0. The van der Waals surface area contributed by atoms with Crippen LogP contribution >= 0.6 is 0 Å². The second kappa shape index (κ2) is 15.9. The zero-order valence-corrected chi connectivity index (χ0v) is 23.8. The molecule has 0 saturated heterocycles. The molecule has 40 heavy (non-hydrogen) atoms. The van der Waals surface area contributed by atoms with Crippen LogP contribution in [0.5, 0.6) is 0 Å². The average Bonchev–Trinajstić information content (AvgIpc) is 2.92. The van der Waals surface area contributed by atoms with Crippen LogP contribution in [-0.4, -0.2) is 73.4 Å². The fourth-order valence-corrected chi connectivity index (χ4v) is 3.59. The van der Waals surface area contributed by atoms with E-state index in [1.165, 1.54) is 9.80 Å². The van der Waals surface area contributed by atoms with E-state index in [2.05, 4.69) is 0 Å². The number of hydrogen-bond acceptors (Lipinski definition) is 8. The molecule has 2 atom stereocenters. The molecule has 10 nitrogen and oxygen atoms in total. The van der Waals surface area contributed by atoms with Gasteiger partial charge in [-0.25, -0.2) is 19.2 Å². The van der Waals surface area contributed by atoms with Crippen LogP contribution in [0.3, 0.4) is 0 Å². The smallest absolute Gasteiger partial charge is 0.410 e. The van der Waals surface area contributed by atoms with Crippen molar-refractivity contribution in [2.24, 2.45) is 0 Å². The quantitative estimate of drug-likeness (QED) is 0.203. The van der Waals surface area contributed by atoms with Gasteiger partial charge in [-0.05, 0) is 38.8 Å². The molecule has 0 N–H and O–H groups in total. The van der Waals surface area contributed by atoms with Gasteiger partial charge in [-0.2, -0.15) is 0 Å². The van der Waals surface area contributed by atoms with Crippen molar-refractivity contribution in [1.82, 2.24) is 9.80 Å². The molecule has 0 spiro atoms. The topological polar surface area (TPSA) is 112 Å². The largest absolute Gasteiger partial charge is 0.460 e. The fourth-order valence-electron chi connectivity index (χ4n) is 3.59. The summed E-state index contributed by atoms with van der Waals surface area (Å²) in [6, 6.07) is 16.9. The summed E-state index contributed by atoms with van der Waals surface area (Å²) in [7, 11) is 3.11. The zero-order chi connectivity index (χ0) is 29.7. The molecule has 10 heteroatoms. The number of ether oxygens (including phenoxy) is 4. The molecule has 2 rings (SSSR count). The molecule has 2 amide bonds. The Balaban J connectivity index is 2.01. The Morgan fingerprint density at radius 2 is 0.950 bits per heavy atom. The van der Waals surface area contributed by atoms with E-state index < -0.39 is 36.2 Å². The molecule has 2 aromatic carbocycles. The van der Waals surface area contributed by atoms with Crippen LogP contribution in [0, 0.1) is 0 Å². The first-order valence-corrected chi connectivity index (χ1v) is 13.0. The monoisotopic (exact) mass is 554 g/mol. The lowest BCUT2D eigenvalue weighted by atomic mass is 10.1. The Hall–Kier alpha value is -4.34. The van der Waals surface area contributed by atoms with Crippen molar-refractivity contribution in [3.05, 3.63) is 83.9 Å². The van der Waals surface area contributed by atoms with E-state index in [4.69, 9.17) is 18.9 Å². The van der Waals surface area contributed by atoms with Crippen molar-refractivity contribution in [3.8, 4) is 0 Å². The predicted molar refractivity (Wildman–Crippen MR) is 148 cm³/mol. The van der Waals surface area contributed by atoms with E-state index in [1.54, 1.807) is 41.8 Å². The molecule has 0 fully saturated rings. The van der Waals surface area contributed by atoms with Crippen LogP contribution in [0.1, 0.15) is 50.9 Å². The zero-order valence-electron chi connectivity index (χ0n) is 23.8. The number of carbonyl (C=O) groups is 4. The molecule has 0 bridgehead atoms. The highest BCUT2D eigenvalue weighted by Gasteiger charge is 2.26. The molecular formula is C30H38N2O8. The van der Waals surface area contributed by atoms with Crippen molar-refractivity contribution in [3.63, 3.8) is 0 Å². The number of hydrogen-bond donors (Lipinski definition) is 0. The number of esters is 2. The maximum absolute atomic E-state index is 12.5. The van der Waals surface area contributed by atoms with E-state index in [9.17, 15) is 19.2 Å². The third-order valence-electron chi connectivity index (χ3n) is 5.68. The highest BCUT2D eigenvalue weighted by molar-refractivity contribution is 5.91. The number of benzene rings is 2. The SMILES string of the molecule is CC(C)OC(=O)N(C)[C@H](COC(=O)/C=C/C(=O)OC[C@H](c1ccccc1)N(C)C(=O)OC(C)C)c1ccccc1. The number of rotatable bonds is 12. The van der Waals surface area contributed by atoms with Crippen LogP contribution in [0.2, 0.25) is 0 Å². The van der Waals surface area contributed by atoms with Gasteiger partial charge in [0, 0.05) is 26.2 Å². The number of nitrogens with zero attached hydrogens (tertiary/aromatic N) is 2. The van der Waals surface area contributed by atoms with E-state index in [1.807, 2.05) is 60.7 Å². The molecule has 0 radical (unpaired) electrons. The number of likely N-dealkylation sites (N-methyl/N-ethyl adjacent to an activating group) is 2. The molecule has 216 valence electrons. The van der Waals surface area contributed by atoms with Crippen molar-refractivity contribution in [2.75, 3.05) is 27.3 Å². The van der Waals surface area contributed by atoms with Crippen LogP contribution in [-0.2, 0) is 28.5 Å². The van der Waals surface area contributed by atoms with E-state index in [0.717, 1.165) is 23.3 Å². The standard InChI is InChI=1S/C30H38N2O8/c1-21(2)39-29(35)31(5)25(23-13-9-7-10-14-23)19-37-27(33)17-18-28(34)38-20-26(24-15-11-8-12-16-24)32(6)30(36)40-22(3)4/h7-18,21-22,25-26H,19-20H2,1-6H3/b18-17+/t25-,26-/m1/s1. The van der Waals surface area contributed by atoms with E-state index in [-0.39, 0.29) is 25.4 Å². The van der Waals surface area contributed by atoms with Crippen LogP contribution in [0.15, 0.2) is 72.8 Å².